The molecule has 24 heavy (non-hydrogen) atoms. The van der Waals surface area contributed by atoms with E-state index in [9.17, 15) is 0 Å². The van der Waals surface area contributed by atoms with E-state index in [1.807, 2.05) is 12.1 Å². The van der Waals surface area contributed by atoms with Crippen LogP contribution in [0.25, 0.3) is 0 Å². The van der Waals surface area contributed by atoms with E-state index in [-0.39, 0.29) is 6.61 Å². The maximum Gasteiger partial charge on any atom is 0.180 e. The Balaban J connectivity index is 2.17. The maximum atomic E-state index is 6.37. The number of halogens is 3. The van der Waals surface area contributed by atoms with Gasteiger partial charge in [0.05, 0.1) is 12.1 Å². The van der Waals surface area contributed by atoms with Crippen LogP contribution in [0, 0.1) is 0 Å². The smallest absolute Gasteiger partial charge is 0.180 e. The fourth-order valence-corrected chi connectivity index (χ4v) is 3.03. The summed E-state index contributed by atoms with van der Waals surface area (Å²) in [5.74, 6) is 1.06. The van der Waals surface area contributed by atoms with Gasteiger partial charge in [0.2, 0.25) is 0 Å². The average molecular weight is 389 g/mol. The predicted molar refractivity (Wildman–Crippen MR) is 101 cm³/mol. The van der Waals surface area contributed by atoms with Gasteiger partial charge >= 0.3 is 0 Å². The monoisotopic (exact) mass is 387 g/mol. The topological polar surface area (TPSA) is 30.5 Å². The Labute approximate surface area is 157 Å². The molecule has 0 spiro atoms. The maximum absolute atomic E-state index is 6.37. The van der Waals surface area contributed by atoms with Gasteiger partial charge in [0.15, 0.2) is 11.5 Å². The molecule has 6 heteroatoms. The van der Waals surface area contributed by atoms with Crippen molar-refractivity contribution in [3.05, 3.63) is 56.5 Å². The Morgan fingerprint density at radius 3 is 2.38 bits per heavy atom. The standard InChI is InChI=1S/C18H20Cl3NO2/c1-3-7-22-10-12-8-16(21)18(17(9-12)23-2)24-11-13-14(19)5-4-6-15(13)20/h4-6,8-9,22H,3,7,10-11H2,1-2H3. The molecule has 0 aliphatic heterocycles. The molecule has 0 amide bonds. The van der Waals surface area contributed by atoms with Crippen molar-refractivity contribution >= 4 is 34.8 Å². The summed E-state index contributed by atoms with van der Waals surface area (Å²) in [5.41, 5.74) is 1.75. The lowest BCUT2D eigenvalue weighted by Gasteiger charge is -2.15. The van der Waals surface area contributed by atoms with Gasteiger partial charge in [0.1, 0.15) is 6.61 Å². The second-order valence-electron chi connectivity index (χ2n) is 5.27. The van der Waals surface area contributed by atoms with E-state index in [1.54, 1.807) is 25.3 Å². The van der Waals surface area contributed by atoms with E-state index in [0.717, 1.165) is 25.1 Å². The molecule has 0 bridgehead atoms. The molecular formula is C18H20Cl3NO2. The molecule has 3 nitrogen and oxygen atoms in total. The highest BCUT2D eigenvalue weighted by Crippen LogP contribution is 2.37. The van der Waals surface area contributed by atoms with Crippen molar-refractivity contribution in [2.24, 2.45) is 0 Å². The van der Waals surface area contributed by atoms with Crippen LogP contribution in [0.1, 0.15) is 24.5 Å². The van der Waals surface area contributed by atoms with Gasteiger partial charge in [0.25, 0.3) is 0 Å². The number of methoxy groups -OCH3 is 1. The molecule has 0 saturated heterocycles. The first-order valence-electron chi connectivity index (χ1n) is 7.69. The molecule has 2 aromatic carbocycles. The number of benzene rings is 2. The molecule has 0 heterocycles. The van der Waals surface area contributed by atoms with E-state index >= 15 is 0 Å². The molecule has 0 unspecified atom stereocenters. The Kier molecular flexibility index (Phi) is 7.50. The predicted octanol–water partition coefficient (Wildman–Crippen LogP) is 5.73. The third-order valence-corrected chi connectivity index (χ3v) is 4.46. The summed E-state index contributed by atoms with van der Waals surface area (Å²) in [7, 11) is 1.59. The lowest BCUT2D eigenvalue weighted by Crippen LogP contribution is -2.14. The van der Waals surface area contributed by atoms with Crippen LogP contribution >= 0.6 is 34.8 Å². The molecule has 0 aliphatic carbocycles. The van der Waals surface area contributed by atoms with Gasteiger partial charge in [-0.25, -0.2) is 0 Å². The molecule has 0 radical (unpaired) electrons. The molecule has 130 valence electrons. The molecule has 0 saturated carbocycles. The first-order chi connectivity index (χ1) is 11.6. The largest absolute Gasteiger partial charge is 0.493 e. The SMILES string of the molecule is CCCNCc1cc(Cl)c(OCc2c(Cl)cccc2Cl)c(OC)c1. The van der Waals surface area contributed by atoms with Crippen molar-refractivity contribution in [3.63, 3.8) is 0 Å². The second kappa shape index (κ2) is 9.38. The zero-order chi connectivity index (χ0) is 17.5. The van der Waals surface area contributed by atoms with E-state index in [0.29, 0.717) is 32.1 Å². The van der Waals surface area contributed by atoms with Gasteiger partial charge in [-0.05, 0) is 42.8 Å². The molecule has 1 N–H and O–H groups in total. The number of ether oxygens (including phenoxy) is 2. The number of hydrogen-bond acceptors (Lipinski definition) is 3. The fraction of sp³-hybridized carbons (Fsp3) is 0.333. The van der Waals surface area contributed by atoms with Crippen LogP contribution in [0.2, 0.25) is 15.1 Å². The Morgan fingerprint density at radius 2 is 1.75 bits per heavy atom. The van der Waals surface area contributed by atoms with Crippen LogP contribution in [0.15, 0.2) is 30.3 Å². The number of rotatable bonds is 8. The third kappa shape index (κ3) is 4.93. The van der Waals surface area contributed by atoms with Crippen molar-refractivity contribution in [1.82, 2.24) is 5.32 Å². The van der Waals surface area contributed by atoms with Gasteiger partial charge in [-0.1, -0.05) is 47.8 Å². The zero-order valence-electron chi connectivity index (χ0n) is 13.7. The van der Waals surface area contributed by atoms with Gasteiger partial charge < -0.3 is 14.8 Å². The quantitative estimate of drug-likeness (QED) is 0.585. The molecule has 0 atom stereocenters. The highest BCUT2D eigenvalue weighted by Gasteiger charge is 2.14. The fourth-order valence-electron chi connectivity index (χ4n) is 2.24. The molecule has 2 aromatic rings. The number of nitrogens with one attached hydrogen (secondary N) is 1. The Hall–Kier alpha value is -1.13. The summed E-state index contributed by atoms with van der Waals surface area (Å²) in [6.45, 7) is 4.00. The normalized spacial score (nSPS) is 10.7. The first-order valence-corrected chi connectivity index (χ1v) is 8.83. The summed E-state index contributed by atoms with van der Waals surface area (Å²) in [6, 6.07) is 9.12. The van der Waals surface area contributed by atoms with Gasteiger partial charge in [0, 0.05) is 22.2 Å². The van der Waals surface area contributed by atoms with Crippen molar-refractivity contribution in [2.45, 2.75) is 26.5 Å². The van der Waals surface area contributed by atoms with E-state index < -0.39 is 0 Å². The molecule has 0 aliphatic rings. The minimum Gasteiger partial charge on any atom is -0.493 e. The van der Waals surface area contributed by atoms with E-state index in [1.165, 1.54) is 0 Å². The van der Waals surface area contributed by atoms with Crippen molar-refractivity contribution in [3.8, 4) is 11.5 Å². The minimum atomic E-state index is 0.210. The second-order valence-corrected chi connectivity index (χ2v) is 6.50. The number of hydrogen-bond donors (Lipinski definition) is 1. The summed E-state index contributed by atoms with van der Waals surface area (Å²) in [5, 5.41) is 4.93. The lowest BCUT2D eigenvalue weighted by molar-refractivity contribution is 0.284. The summed E-state index contributed by atoms with van der Waals surface area (Å²) >= 11 is 18.7. The molecule has 0 fully saturated rings. The van der Waals surface area contributed by atoms with Crippen LogP contribution in [0.3, 0.4) is 0 Å². The van der Waals surface area contributed by atoms with Gasteiger partial charge in [-0.3, -0.25) is 0 Å². The lowest BCUT2D eigenvalue weighted by atomic mass is 10.2. The summed E-state index contributed by atoms with van der Waals surface area (Å²) in [6.07, 6.45) is 1.07. The van der Waals surface area contributed by atoms with Gasteiger partial charge in [-0.2, -0.15) is 0 Å². The first kappa shape index (κ1) is 19.2. The average Bonchev–Trinajstić information content (AvgIpc) is 2.55. The Morgan fingerprint density at radius 1 is 1.04 bits per heavy atom. The summed E-state index contributed by atoms with van der Waals surface area (Å²) < 4.78 is 11.3. The van der Waals surface area contributed by atoms with Crippen molar-refractivity contribution in [2.75, 3.05) is 13.7 Å². The van der Waals surface area contributed by atoms with Crippen LogP contribution in [-0.4, -0.2) is 13.7 Å². The van der Waals surface area contributed by atoms with E-state index in [2.05, 4.69) is 12.2 Å². The van der Waals surface area contributed by atoms with E-state index in [4.69, 9.17) is 44.3 Å². The van der Waals surface area contributed by atoms with Crippen LogP contribution in [-0.2, 0) is 13.2 Å². The van der Waals surface area contributed by atoms with Crippen LogP contribution < -0.4 is 14.8 Å². The van der Waals surface area contributed by atoms with Crippen LogP contribution in [0.5, 0.6) is 11.5 Å². The van der Waals surface area contributed by atoms with Crippen molar-refractivity contribution < 1.29 is 9.47 Å². The molecular weight excluding hydrogens is 369 g/mol. The molecule has 0 aromatic heterocycles. The minimum absolute atomic E-state index is 0.210. The zero-order valence-corrected chi connectivity index (χ0v) is 15.9. The highest BCUT2D eigenvalue weighted by atomic mass is 35.5. The summed E-state index contributed by atoms with van der Waals surface area (Å²) in [4.78, 5) is 0. The highest BCUT2D eigenvalue weighted by molar-refractivity contribution is 6.36. The van der Waals surface area contributed by atoms with Gasteiger partial charge in [-0.15, -0.1) is 0 Å². The third-order valence-electron chi connectivity index (χ3n) is 3.47. The Bertz CT molecular complexity index is 672. The van der Waals surface area contributed by atoms with Crippen LogP contribution in [0.4, 0.5) is 0 Å². The molecule has 2 rings (SSSR count). The van der Waals surface area contributed by atoms with Crippen molar-refractivity contribution in [1.29, 1.82) is 0 Å².